The lowest BCUT2D eigenvalue weighted by molar-refractivity contribution is 0.206. The summed E-state index contributed by atoms with van der Waals surface area (Å²) in [4.78, 5) is 2.22. The van der Waals surface area contributed by atoms with E-state index in [4.69, 9.17) is 11.6 Å². The molecular weight excluding hydrogens is 252 g/mol. The van der Waals surface area contributed by atoms with Crippen LogP contribution in [-0.2, 0) is 19.6 Å². The van der Waals surface area contributed by atoms with Gasteiger partial charge < -0.3 is 9.67 Å². The van der Waals surface area contributed by atoms with E-state index in [1.807, 2.05) is 16.7 Å². The zero-order valence-corrected chi connectivity index (χ0v) is 10.5. The summed E-state index contributed by atoms with van der Waals surface area (Å²) in [6.45, 7) is 3.20. The molecule has 0 atom stereocenters. The molecule has 0 spiro atoms. The van der Waals surface area contributed by atoms with Gasteiger partial charge in [-0.3, -0.25) is 4.90 Å². The molecule has 2 heterocycles. The minimum atomic E-state index is 0.172. The zero-order chi connectivity index (χ0) is 12.5. The highest BCUT2D eigenvalue weighted by Crippen LogP contribution is 2.28. The molecule has 0 bridgehead atoms. The minimum absolute atomic E-state index is 0.172. The van der Waals surface area contributed by atoms with Crippen molar-refractivity contribution in [2.24, 2.45) is 0 Å². The Bertz CT molecular complexity index is 569. The number of para-hydroxylation sites is 1. The quantitative estimate of drug-likeness (QED) is 0.896. The fraction of sp³-hybridized carbons (Fsp3) is 0.333. The summed E-state index contributed by atoms with van der Waals surface area (Å²) >= 11 is 5.90. The van der Waals surface area contributed by atoms with Crippen molar-refractivity contribution in [3.05, 3.63) is 40.9 Å². The zero-order valence-electron chi connectivity index (χ0n) is 9.75. The number of phenolic OH excluding ortho intramolecular Hbond substituents is 1. The average Bonchev–Trinajstić information content (AvgIpc) is 2.82. The maximum absolute atomic E-state index is 9.89. The molecule has 2 aromatic rings. The van der Waals surface area contributed by atoms with Crippen LogP contribution in [-0.4, -0.2) is 31.3 Å². The van der Waals surface area contributed by atoms with Crippen LogP contribution >= 0.6 is 11.6 Å². The van der Waals surface area contributed by atoms with Gasteiger partial charge in [0.2, 0.25) is 0 Å². The van der Waals surface area contributed by atoms with Crippen LogP contribution in [0.1, 0.15) is 11.4 Å². The van der Waals surface area contributed by atoms with Crippen molar-refractivity contribution in [2.75, 3.05) is 6.54 Å². The number of hydrogen-bond donors (Lipinski definition) is 1. The number of hydrogen-bond acceptors (Lipinski definition) is 4. The highest BCUT2D eigenvalue weighted by molar-refractivity contribution is 6.32. The molecule has 0 fully saturated rings. The van der Waals surface area contributed by atoms with Crippen molar-refractivity contribution in [1.29, 1.82) is 0 Å². The minimum Gasteiger partial charge on any atom is -0.506 e. The van der Waals surface area contributed by atoms with Crippen molar-refractivity contribution in [3.8, 4) is 5.75 Å². The second-order valence-electron chi connectivity index (χ2n) is 4.40. The predicted molar refractivity (Wildman–Crippen MR) is 67.3 cm³/mol. The van der Waals surface area contributed by atoms with Gasteiger partial charge in [-0.2, -0.15) is 0 Å². The fourth-order valence-electron chi connectivity index (χ4n) is 2.18. The molecule has 0 saturated carbocycles. The summed E-state index contributed by atoms with van der Waals surface area (Å²) in [7, 11) is 0. The molecular formula is C12H13ClN4O. The Kier molecular flexibility index (Phi) is 2.93. The predicted octanol–water partition coefficient (Wildman–Crippen LogP) is 1.65. The van der Waals surface area contributed by atoms with Crippen LogP contribution in [0.15, 0.2) is 24.5 Å². The Hall–Kier alpha value is -1.59. The van der Waals surface area contributed by atoms with Gasteiger partial charge in [0.1, 0.15) is 17.9 Å². The van der Waals surface area contributed by atoms with E-state index in [0.717, 1.165) is 31.0 Å². The van der Waals surface area contributed by atoms with Crippen LogP contribution in [0.2, 0.25) is 5.02 Å². The van der Waals surface area contributed by atoms with Gasteiger partial charge in [-0.1, -0.05) is 23.7 Å². The van der Waals surface area contributed by atoms with E-state index < -0.39 is 0 Å². The molecule has 0 amide bonds. The van der Waals surface area contributed by atoms with Crippen LogP contribution in [0.4, 0.5) is 0 Å². The Morgan fingerprint density at radius 3 is 3.11 bits per heavy atom. The first-order valence-corrected chi connectivity index (χ1v) is 6.17. The summed E-state index contributed by atoms with van der Waals surface area (Å²) in [6, 6.07) is 5.43. The third-order valence-corrected chi connectivity index (χ3v) is 3.49. The Morgan fingerprint density at radius 1 is 1.33 bits per heavy atom. The van der Waals surface area contributed by atoms with E-state index in [0.29, 0.717) is 11.6 Å². The first kappa shape index (κ1) is 11.5. The highest BCUT2D eigenvalue weighted by Gasteiger charge is 2.18. The van der Waals surface area contributed by atoms with Gasteiger partial charge >= 0.3 is 0 Å². The van der Waals surface area contributed by atoms with Crippen LogP contribution in [0, 0.1) is 0 Å². The third-order valence-electron chi connectivity index (χ3n) is 3.18. The standard InChI is InChI=1S/C12H13ClN4O/c13-10-3-1-2-9(12(10)18)6-16-4-5-17-8-14-15-11(17)7-16/h1-3,8,18H,4-7H2. The lowest BCUT2D eigenvalue weighted by Gasteiger charge is -2.27. The van der Waals surface area contributed by atoms with Gasteiger partial charge in [0, 0.05) is 25.2 Å². The normalized spacial score (nSPS) is 15.6. The van der Waals surface area contributed by atoms with E-state index in [2.05, 4.69) is 15.1 Å². The lowest BCUT2D eigenvalue weighted by Crippen LogP contribution is -2.33. The molecule has 6 heteroatoms. The molecule has 94 valence electrons. The molecule has 5 nitrogen and oxygen atoms in total. The van der Waals surface area contributed by atoms with Crippen molar-refractivity contribution < 1.29 is 5.11 Å². The SMILES string of the molecule is Oc1c(Cl)cccc1CN1CCn2cnnc2C1. The Labute approximate surface area is 110 Å². The molecule has 0 saturated heterocycles. The number of phenols is 1. The van der Waals surface area contributed by atoms with Gasteiger partial charge in [0.25, 0.3) is 0 Å². The molecule has 1 aliphatic heterocycles. The van der Waals surface area contributed by atoms with Crippen molar-refractivity contribution in [2.45, 2.75) is 19.6 Å². The third kappa shape index (κ3) is 2.07. The molecule has 3 rings (SSSR count). The Balaban J connectivity index is 1.77. The van der Waals surface area contributed by atoms with Gasteiger partial charge in [0.15, 0.2) is 0 Å². The smallest absolute Gasteiger partial charge is 0.147 e. The molecule has 18 heavy (non-hydrogen) atoms. The van der Waals surface area contributed by atoms with Crippen LogP contribution in [0.5, 0.6) is 5.75 Å². The molecule has 0 unspecified atom stereocenters. The topological polar surface area (TPSA) is 54.2 Å². The van der Waals surface area contributed by atoms with Crippen molar-refractivity contribution in [3.63, 3.8) is 0 Å². The molecule has 0 radical (unpaired) electrons. The summed E-state index contributed by atoms with van der Waals surface area (Å²) in [5, 5.41) is 18.3. The largest absolute Gasteiger partial charge is 0.506 e. The second kappa shape index (κ2) is 4.59. The van der Waals surface area contributed by atoms with Crippen LogP contribution in [0.3, 0.4) is 0 Å². The fourth-order valence-corrected chi connectivity index (χ4v) is 2.37. The number of aromatic hydroxyl groups is 1. The molecule has 1 N–H and O–H groups in total. The summed E-state index contributed by atoms with van der Waals surface area (Å²) < 4.78 is 2.05. The first-order valence-electron chi connectivity index (χ1n) is 5.79. The van der Waals surface area contributed by atoms with Gasteiger partial charge in [-0.05, 0) is 6.07 Å². The molecule has 1 aliphatic rings. The van der Waals surface area contributed by atoms with Crippen molar-refractivity contribution >= 4 is 11.6 Å². The number of benzene rings is 1. The molecule has 0 aliphatic carbocycles. The van der Waals surface area contributed by atoms with Crippen LogP contribution in [0.25, 0.3) is 0 Å². The van der Waals surface area contributed by atoms with Gasteiger partial charge in [-0.15, -0.1) is 10.2 Å². The maximum atomic E-state index is 9.89. The first-order chi connectivity index (χ1) is 8.74. The number of halogens is 1. The lowest BCUT2D eigenvalue weighted by atomic mass is 10.2. The van der Waals surface area contributed by atoms with E-state index >= 15 is 0 Å². The monoisotopic (exact) mass is 264 g/mol. The number of nitrogens with zero attached hydrogens (tertiary/aromatic N) is 4. The van der Waals surface area contributed by atoms with E-state index in [1.165, 1.54) is 0 Å². The maximum Gasteiger partial charge on any atom is 0.147 e. The van der Waals surface area contributed by atoms with E-state index in [-0.39, 0.29) is 5.75 Å². The Morgan fingerprint density at radius 2 is 2.22 bits per heavy atom. The van der Waals surface area contributed by atoms with Gasteiger partial charge in [0.05, 0.1) is 11.6 Å². The summed E-state index contributed by atoms with van der Waals surface area (Å²) in [5.74, 6) is 1.13. The molecule has 1 aromatic carbocycles. The van der Waals surface area contributed by atoms with Crippen LogP contribution < -0.4 is 0 Å². The van der Waals surface area contributed by atoms with E-state index in [1.54, 1.807) is 12.4 Å². The van der Waals surface area contributed by atoms with E-state index in [9.17, 15) is 5.11 Å². The number of aromatic nitrogens is 3. The molecule has 1 aromatic heterocycles. The van der Waals surface area contributed by atoms with Crippen molar-refractivity contribution in [1.82, 2.24) is 19.7 Å². The second-order valence-corrected chi connectivity index (χ2v) is 4.81. The number of rotatable bonds is 2. The number of fused-ring (bicyclic) bond motifs is 1. The summed E-state index contributed by atoms with van der Waals surface area (Å²) in [5.41, 5.74) is 0.843. The summed E-state index contributed by atoms with van der Waals surface area (Å²) in [6.07, 6.45) is 1.75. The highest BCUT2D eigenvalue weighted by atomic mass is 35.5. The average molecular weight is 265 g/mol. The van der Waals surface area contributed by atoms with Gasteiger partial charge in [-0.25, -0.2) is 0 Å².